The van der Waals surface area contributed by atoms with Gasteiger partial charge in [0.1, 0.15) is 5.01 Å². The molecule has 1 rings (SSSR count). The third-order valence-electron chi connectivity index (χ3n) is 3.05. The van der Waals surface area contributed by atoms with Gasteiger partial charge in [0.2, 0.25) is 5.91 Å². The van der Waals surface area contributed by atoms with Gasteiger partial charge in [-0.25, -0.2) is 4.98 Å². The van der Waals surface area contributed by atoms with Crippen LogP contribution in [0.5, 0.6) is 0 Å². The first-order valence-corrected chi connectivity index (χ1v) is 7.42. The summed E-state index contributed by atoms with van der Waals surface area (Å²) in [7, 11) is 0. The minimum atomic E-state index is -0.204. The van der Waals surface area contributed by atoms with Gasteiger partial charge in [0, 0.05) is 17.6 Å². The molecule has 1 aromatic heterocycles. The summed E-state index contributed by atoms with van der Waals surface area (Å²) in [4.78, 5) is 16.2. The minimum Gasteiger partial charge on any atom is -0.352 e. The fourth-order valence-corrected chi connectivity index (χ4v) is 2.44. The Bertz CT molecular complexity index is 349. The van der Waals surface area contributed by atoms with E-state index in [-0.39, 0.29) is 24.0 Å². The second kappa shape index (κ2) is 7.48. The molecule has 0 fully saturated rings. The van der Waals surface area contributed by atoms with Gasteiger partial charge in [0.25, 0.3) is 0 Å². The number of nitrogens with one attached hydrogen (secondary N) is 2. The average Bonchev–Trinajstić information content (AvgIpc) is 2.89. The first kappa shape index (κ1) is 15.1. The van der Waals surface area contributed by atoms with E-state index in [1.54, 1.807) is 17.5 Å². The largest absolute Gasteiger partial charge is 0.352 e. The number of aromatic nitrogens is 1. The molecule has 1 aromatic rings. The number of amides is 1. The lowest BCUT2D eigenvalue weighted by molar-refractivity contribution is -0.123. The van der Waals surface area contributed by atoms with Gasteiger partial charge in [-0.05, 0) is 26.7 Å². The number of hydrogen-bond acceptors (Lipinski definition) is 4. The van der Waals surface area contributed by atoms with Gasteiger partial charge >= 0.3 is 0 Å². The Morgan fingerprint density at radius 1 is 1.39 bits per heavy atom. The van der Waals surface area contributed by atoms with Crippen LogP contribution in [0.4, 0.5) is 0 Å². The molecule has 18 heavy (non-hydrogen) atoms. The SMILES string of the molecule is CCC(CC)NC(=O)C(C)NC(C)c1nccs1. The highest BCUT2D eigenvalue weighted by Crippen LogP contribution is 2.15. The summed E-state index contributed by atoms with van der Waals surface area (Å²) in [6.07, 6.45) is 3.72. The lowest BCUT2D eigenvalue weighted by Crippen LogP contribution is -2.46. The molecule has 2 unspecified atom stereocenters. The van der Waals surface area contributed by atoms with Crippen LogP contribution in [0.25, 0.3) is 0 Å². The Morgan fingerprint density at radius 2 is 2.06 bits per heavy atom. The maximum absolute atomic E-state index is 12.0. The van der Waals surface area contributed by atoms with Gasteiger partial charge in [-0.3, -0.25) is 10.1 Å². The van der Waals surface area contributed by atoms with Gasteiger partial charge in [0.05, 0.1) is 12.1 Å². The first-order valence-electron chi connectivity index (χ1n) is 6.54. The molecule has 4 nitrogen and oxygen atoms in total. The van der Waals surface area contributed by atoms with E-state index < -0.39 is 0 Å². The highest BCUT2D eigenvalue weighted by molar-refractivity contribution is 7.09. The fourth-order valence-electron chi connectivity index (χ4n) is 1.79. The van der Waals surface area contributed by atoms with Crippen molar-refractivity contribution in [3.8, 4) is 0 Å². The standard InChI is InChI=1S/C13H23N3OS/c1-5-11(6-2)16-12(17)9(3)15-10(4)13-14-7-8-18-13/h7-11,15H,5-6H2,1-4H3,(H,16,17). The molecule has 102 valence electrons. The molecule has 2 N–H and O–H groups in total. The van der Waals surface area contributed by atoms with Gasteiger partial charge in [0.15, 0.2) is 0 Å². The molecular formula is C13H23N3OS. The third kappa shape index (κ3) is 4.38. The van der Waals surface area contributed by atoms with Gasteiger partial charge < -0.3 is 5.32 Å². The number of rotatable bonds is 7. The van der Waals surface area contributed by atoms with Gasteiger partial charge in [-0.2, -0.15) is 0 Å². The van der Waals surface area contributed by atoms with Crippen LogP contribution in [-0.2, 0) is 4.79 Å². The Morgan fingerprint density at radius 3 is 2.56 bits per heavy atom. The van der Waals surface area contributed by atoms with E-state index in [0.29, 0.717) is 0 Å². The summed E-state index contributed by atoms with van der Waals surface area (Å²) in [5.74, 6) is 0.0621. The second-order valence-electron chi connectivity index (χ2n) is 4.50. The Labute approximate surface area is 113 Å². The second-order valence-corrected chi connectivity index (χ2v) is 5.43. The van der Waals surface area contributed by atoms with E-state index in [4.69, 9.17) is 0 Å². The van der Waals surface area contributed by atoms with Crippen LogP contribution in [0.3, 0.4) is 0 Å². The van der Waals surface area contributed by atoms with Crippen LogP contribution in [0.1, 0.15) is 51.6 Å². The predicted octanol–water partition coefficient (Wildman–Crippen LogP) is 2.49. The van der Waals surface area contributed by atoms with E-state index in [1.165, 1.54) is 0 Å². The molecule has 0 radical (unpaired) electrons. The van der Waals surface area contributed by atoms with Crippen molar-refractivity contribution in [2.24, 2.45) is 0 Å². The maximum atomic E-state index is 12.0. The molecule has 0 spiro atoms. The van der Waals surface area contributed by atoms with Gasteiger partial charge in [-0.1, -0.05) is 13.8 Å². The number of nitrogens with zero attached hydrogens (tertiary/aromatic N) is 1. The summed E-state index contributed by atoms with van der Waals surface area (Å²) < 4.78 is 0. The molecular weight excluding hydrogens is 246 g/mol. The van der Waals surface area contributed by atoms with E-state index >= 15 is 0 Å². The number of carbonyl (C=O) groups excluding carboxylic acids is 1. The Balaban J connectivity index is 2.44. The van der Waals surface area contributed by atoms with Crippen molar-refractivity contribution in [3.63, 3.8) is 0 Å². The monoisotopic (exact) mass is 269 g/mol. The summed E-state index contributed by atoms with van der Waals surface area (Å²) >= 11 is 1.60. The van der Waals surface area contributed by atoms with Crippen molar-refractivity contribution in [3.05, 3.63) is 16.6 Å². The van der Waals surface area contributed by atoms with E-state index in [1.807, 2.05) is 19.2 Å². The molecule has 1 heterocycles. The van der Waals surface area contributed by atoms with Crippen molar-refractivity contribution in [1.29, 1.82) is 0 Å². The average molecular weight is 269 g/mol. The van der Waals surface area contributed by atoms with Crippen molar-refractivity contribution in [1.82, 2.24) is 15.6 Å². The van der Waals surface area contributed by atoms with Crippen LogP contribution in [-0.4, -0.2) is 23.0 Å². The van der Waals surface area contributed by atoms with Crippen molar-refractivity contribution in [2.45, 2.75) is 58.7 Å². The van der Waals surface area contributed by atoms with Gasteiger partial charge in [-0.15, -0.1) is 11.3 Å². The smallest absolute Gasteiger partial charge is 0.237 e. The molecule has 1 amide bonds. The molecule has 2 atom stereocenters. The normalized spacial score (nSPS) is 14.5. The van der Waals surface area contributed by atoms with E-state index in [2.05, 4.69) is 29.5 Å². The van der Waals surface area contributed by atoms with Crippen LogP contribution < -0.4 is 10.6 Å². The number of thiazole rings is 1. The Kier molecular flexibility index (Phi) is 6.29. The lowest BCUT2D eigenvalue weighted by Gasteiger charge is -2.21. The summed E-state index contributed by atoms with van der Waals surface area (Å²) in [5, 5.41) is 9.28. The number of carbonyl (C=O) groups is 1. The third-order valence-corrected chi connectivity index (χ3v) is 4.01. The maximum Gasteiger partial charge on any atom is 0.237 e. The van der Waals surface area contributed by atoms with E-state index in [0.717, 1.165) is 17.8 Å². The zero-order chi connectivity index (χ0) is 13.5. The zero-order valence-corrected chi connectivity index (χ0v) is 12.4. The van der Waals surface area contributed by atoms with Crippen LogP contribution in [0.2, 0.25) is 0 Å². The van der Waals surface area contributed by atoms with Crippen molar-refractivity contribution >= 4 is 17.2 Å². The van der Waals surface area contributed by atoms with Crippen molar-refractivity contribution in [2.75, 3.05) is 0 Å². The molecule has 5 heteroatoms. The minimum absolute atomic E-state index is 0.0621. The topological polar surface area (TPSA) is 54.0 Å². The molecule has 0 aliphatic heterocycles. The summed E-state index contributed by atoms with van der Waals surface area (Å²) in [6, 6.07) is 0.175. The Hall–Kier alpha value is -0.940. The number of hydrogen-bond donors (Lipinski definition) is 2. The highest BCUT2D eigenvalue weighted by atomic mass is 32.1. The summed E-state index contributed by atoms with van der Waals surface area (Å²) in [5.41, 5.74) is 0. The quantitative estimate of drug-likeness (QED) is 0.799. The molecule has 0 saturated carbocycles. The lowest BCUT2D eigenvalue weighted by atomic mass is 10.1. The highest BCUT2D eigenvalue weighted by Gasteiger charge is 2.19. The molecule has 0 bridgehead atoms. The van der Waals surface area contributed by atoms with Crippen molar-refractivity contribution < 1.29 is 4.79 Å². The van der Waals surface area contributed by atoms with E-state index in [9.17, 15) is 4.79 Å². The molecule has 0 aromatic carbocycles. The fraction of sp³-hybridized carbons (Fsp3) is 0.692. The first-order chi connectivity index (χ1) is 8.58. The summed E-state index contributed by atoms with van der Waals surface area (Å²) in [6.45, 7) is 8.09. The van der Waals surface area contributed by atoms with Crippen LogP contribution in [0, 0.1) is 0 Å². The zero-order valence-electron chi connectivity index (χ0n) is 11.6. The molecule has 0 aliphatic carbocycles. The van der Waals surface area contributed by atoms with Crippen LogP contribution >= 0.6 is 11.3 Å². The predicted molar refractivity (Wildman–Crippen MR) is 75.6 cm³/mol. The van der Waals surface area contributed by atoms with Crippen LogP contribution in [0.15, 0.2) is 11.6 Å². The molecule has 0 saturated heterocycles. The molecule has 0 aliphatic rings.